The summed E-state index contributed by atoms with van der Waals surface area (Å²) in [7, 11) is -3.66. The van der Waals surface area contributed by atoms with E-state index in [9.17, 15) is 8.42 Å². The molecular formula is C16H15NO3S. The average molecular weight is 301 g/mol. The van der Waals surface area contributed by atoms with E-state index in [1.165, 1.54) is 0 Å². The van der Waals surface area contributed by atoms with Crippen LogP contribution in [-0.4, -0.2) is 15.0 Å². The quantitative estimate of drug-likeness (QED) is 0.864. The SMILES string of the molecule is C#CCOc1ccccc1NS(=O)(=O)c1ccc(C)cc1. The Balaban J connectivity index is 2.29. The normalized spacial score (nSPS) is 10.7. The van der Waals surface area contributed by atoms with Crippen LogP contribution in [0.25, 0.3) is 0 Å². The van der Waals surface area contributed by atoms with Crippen LogP contribution in [0.3, 0.4) is 0 Å². The average Bonchev–Trinajstić information content (AvgIpc) is 2.46. The first-order valence-corrected chi connectivity index (χ1v) is 7.76. The molecule has 0 bridgehead atoms. The highest BCUT2D eigenvalue weighted by Gasteiger charge is 2.16. The van der Waals surface area contributed by atoms with E-state index in [4.69, 9.17) is 11.2 Å². The van der Waals surface area contributed by atoms with Crippen molar-refractivity contribution in [3.8, 4) is 18.1 Å². The third-order valence-corrected chi connectivity index (χ3v) is 4.16. The summed E-state index contributed by atoms with van der Waals surface area (Å²) in [5.41, 5.74) is 1.35. The van der Waals surface area contributed by atoms with Gasteiger partial charge in [0.2, 0.25) is 0 Å². The van der Waals surface area contributed by atoms with Gasteiger partial charge in [0.05, 0.1) is 10.6 Å². The minimum absolute atomic E-state index is 0.0727. The molecule has 0 amide bonds. The lowest BCUT2D eigenvalue weighted by Gasteiger charge is -2.12. The van der Waals surface area contributed by atoms with Gasteiger partial charge >= 0.3 is 0 Å². The van der Waals surface area contributed by atoms with Gasteiger partial charge in [0.25, 0.3) is 10.0 Å². The fraction of sp³-hybridized carbons (Fsp3) is 0.125. The molecule has 0 aliphatic rings. The summed E-state index contributed by atoms with van der Waals surface area (Å²) < 4.78 is 32.5. The number of ether oxygens (including phenoxy) is 1. The molecule has 0 heterocycles. The van der Waals surface area contributed by atoms with Crippen molar-refractivity contribution in [2.24, 2.45) is 0 Å². The molecule has 0 radical (unpaired) electrons. The minimum atomic E-state index is -3.66. The van der Waals surface area contributed by atoms with Crippen LogP contribution >= 0.6 is 0 Å². The predicted octanol–water partition coefficient (Wildman–Crippen LogP) is 2.81. The molecule has 1 N–H and O–H groups in total. The second kappa shape index (κ2) is 6.33. The number of benzene rings is 2. The molecular weight excluding hydrogens is 286 g/mol. The molecule has 0 fully saturated rings. The smallest absolute Gasteiger partial charge is 0.262 e. The van der Waals surface area contributed by atoms with Gasteiger partial charge in [-0.1, -0.05) is 35.7 Å². The van der Waals surface area contributed by atoms with Crippen molar-refractivity contribution in [1.29, 1.82) is 0 Å². The summed E-state index contributed by atoms with van der Waals surface area (Å²) in [5, 5.41) is 0. The molecule has 4 nitrogen and oxygen atoms in total. The van der Waals surface area contributed by atoms with E-state index >= 15 is 0 Å². The molecule has 108 valence electrons. The molecule has 5 heteroatoms. The first kappa shape index (κ1) is 14.9. The summed E-state index contributed by atoms with van der Waals surface area (Å²) >= 11 is 0. The van der Waals surface area contributed by atoms with Gasteiger partial charge in [0, 0.05) is 0 Å². The molecule has 0 unspecified atom stereocenters. The highest BCUT2D eigenvalue weighted by atomic mass is 32.2. The molecule has 0 spiro atoms. The maximum atomic E-state index is 12.3. The summed E-state index contributed by atoms with van der Waals surface area (Å²) in [6, 6.07) is 13.4. The molecule has 0 saturated carbocycles. The molecule has 0 saturated heterocycles. The van der Waals surface area contributed by atoms with Gasteiger partial charge in [-0.25, -0.2) is 8.42 Å². The zero-order valence-electron chi connectivity index (χ0n) is 11.5. The van der Waals surface area contributed by atoms with Gasteiger partial charge in [0.1, 0.15) is 12.4 Å². The highest BCUT2D eigenvalue weighted by Crippen LogP contribution is 2.26. The van der Waals surface area contributed by atoms with Crippen molar-refractivity contribution in [2.45, 2.75) is 11.8 Å². The van der Waals surface area contributed by atoms with Crippen LogP contribution < -0.4 is 9.46 Å². The lowest BCUT2D eigenvalue weighted by Crippen LogP contribution is -2.13. The van der Waals surface area contributed by atoms with Crippen LogP contribution in [0.2, 0.25) is 0 Å². The second-order valence-corrected chi connectivity index (χ2v) is 6.09. The van der Waals surface area contributed by atoms with Gasteiger partial charge in [-0.05, 0) is 31.2 Å². The van der Waals surface area contributed by atoms with Gasteiger partial charge in [0.15, 0.2) is 0 Å². The molecule has 2 aromatic rings. The van der Waals surface area contributed by atoms with E-state index in [1.54, 1.807) is 48.5 Å². The van der Waals surface area contributed by atoms with Crippen LogP contribution in [0.5, 0.6) is 5.75 Å². The number of para-hydroxylation sites is 2. The Morgan fingerprint density at radius 1 is 1.14 bits per heavy atom. The van der Waals surface area contributed by atoms with Crippen LogP contribution in [0.4, 0.5) is 5.69 Å². The van der Waals surface area contributed by atoms with Crippen molar-refractivity contribution < 1.29 is 13.2 Å². The van der Waals surface area contributed by atoms with E-state index in [0.717, 1.165) is 5.56 Å². The summed E-state index contributed by atoms with van der Waals surface area (Å²) in [6.45, 7) is 1.97. The number of sulfonamides is 1. The first-order valence-electron chi connectivity index (χ1n) is 6.28. The maximum Gasteiger partial charge on any atom is 0.262 e. The Labute approximate surface area is 124 Å². The molecule has 0 aromatic heterocycles. The Morgan fingerprint density at radius 3 is 2.48 bits per heavy atom. The minimum Gasteiger partial charge on any atom is -0.479 e. The van der Waals surface area contributed by atoms with Crippen LogP contribution in [0, 0.1) is 19.3 Å². The number of aryl methyl sites for hydroxylation is 1. The lowest BCUT2D eigenvalue weighted by molar-refractivity contribution is 0.372. The van der Waals surface area contributed by atoms with E-state index in [0.29, 0.717) is 11.4 Å². The summed E-state index contributed by atoms with van der Waals surface area (Å²) in [4.78, 5) is 0.194. The zero-order chi connectivity index (χ0) is 15.3. The maximum absolute atomic E-state index is 12.3. The molecule has 0 aliphatic heterocycles. The number of anilines is 1. The largest absolute Gasteiger partial charge is 0.479 e. The number of nitrogens with one attached hydrogen (secondary N) is 1. The summed E-state index contributed by atoms with van der Waals surface area (Å²) in [6.07, 6.45) is 5.15. The number of hydrogen-bond donors (Lipinski definition) is 1. The Kier molecular flexibility index (Phi) is 4.51. The standard InChI is InChI=1S/C16H15NO3S/c1-3-12-20-16-7-5-4-6-15(16)17-21(18,19)14-10-8-13(2)9-11-14/h1,4-11,17H,12H2,2H3. The number of terminal acetylenes is 1. The molecule has 0 atom stereocenters. The van der Waals surface area contributed by atoms with Gasteiger partial charge < -0.3 is 4.74 Å². The van der Waals surface area contributed by atoms with Crippen LogP contribution in [0.1, 0.15) is 5.56 Å². The Hall–Kier alpha value is -2.45. The van der Waals surface area contributed by atoms with Crippen LogP contribution in [0.15, 0.2) is 53.4 Å². The second-order valence-electron chi connectivity index (χ2n) is 4.41. The van der Waals surface area contributed by atoms with E-state index in [1.807, 2.05) is 6.92 Å². The molecule has 21 heavy (non-hydrogen) atoms. The Morgan fingerprint density at radius 2 is 1.81 bits per heavy atom. The van der Waals surface area contributed by atoms with Crippen molar-refractivity contribution in [3.63, 3.8) is 0 Å². The predicted molar refractivity (Wildman–Crippen MR) is 82.8 cm³/mol. The number of rotatable bonds is 5. The molecule has 0 aliphatic carbocycles. The Bertz CT molecular complexity index is 759. The van der Waals surface area contributed by atoms with Gasteiger partial charge in [-0.3, -0.25) is 4.72 Å². The third-order valence-electron chi connectivity index (χ3n) is 2.77. The topological polar surface area (TPSA) is 55.4 Å². The third kappa shape index (κ3) is 3.77. The fourth-order valence-corrected chi connectivity index (χ4v) is 2.79. The van der Waals surface area contributed by atoms with Gasteiger partial charge in [-0.2, -0.15) is 0 Å². The fourth-order valence-electron chi connectivity index (χ4n) is 1.72. The highest BCUT2D eigenvalue weighted by molar-refractivity contribution is 7.92. The van der Waals surface area contributed by atoms with Crippen molar-refractivity contribution in [2.75, 3.05) is 11.3 Å². The van der Waals surface area contributed by atoms with E-state index in [2.05, 4.69) is 10.6 Å². The number of hydrogen-bond acceptors (Lipinski definition) is 3. The zero-order valence-corrected chi connectivity index (χ0v) is 12.4. The van der Waals surface area contributed by atoms with E-state index in [-0.39, 0.29) is 11.5 Å². The first-order chi connectivity index (χ1) is 10.0. The van der Waals surface area contributed by atoms with Crippen molar-refractivity contribution >= 4 is 15.7 Å². The lowest BCUT2D eigenvalue weighted by atomic mass is 10.2. The van der Waals surface area contributed by atoms with Crippen molar-refractivity contribution in [3.05, 3.63) is 54.1 Å². The van der Waals surface area contributed by atoms with Crippen LogP contribution in [-0.2, 0) is 10.0 Å². The molecule has 2 aromatic carbocycles. The van der Waals surface area contributed by atoms with Gasteiger partial charge in [-0.15, -0.1) is 6.42 Å². The summed E-state index contributed by atoms with van der Waals surface area (Å²) in [5.74, 6) is 2.74. The monoisotopic (exact) mass is 301 g/mol. The van der Waals surface area contributed by atoms with Crippen molar-refractivity contribution in [1.82, 2.24) is 0 Å². The van der Waals surface area contributed by atoms with E-state index < -0.39 is 10.0 Å². The molecule has 2 rings (SSSR count).